The maximum absolute atomic E-state index is 14.0. The van der Waals surface area contributed by atoms with E-state index in [9.17, 15) is 18.0 Å². The molecule has 0 bridgehead atoms. The normalized spacial score (nSPS) is 14.3. The second kappa shape index (κ2) is 13.4. The molecule has 4 rings (SSSR count). The molecule has 218 valence electrons. The van der Waals surface area contributed by atoms with Gasteiger partial charge in [0.1, 0.15) is 18.3 Å². The van der Waals surface area contributed by atoms with Crippen molar-refractivity contribution in [2.24, 2.45) is 0 Å². The molecule has 0 heterocycles. The summed E-state index contributed by atoms with van der Waals surface area (Å²) in [4.78, 5) is 28.8. The first-order valence-corrected chi connectivity index (χ1v) is 15.5. The Morgan fingerprint density at radius 2 is 1.68 bits per heavy atom. The van der Waals surface area contributed by atoms with Gasteiger partial charge in [-0.05, 0) is 62.6 Å². The molecule has 1 atom stereocenters. The Bertz CT molecular complexity index is 1460. The SMILES string of the molecule is COc1ccc(N(CC(=O)N(Cc2ccccc2)[C@H](C)C(=O)NC2CCCC2)S(=O)(=O)c2ccc(C)cc2)cc1Cl. The van der Waals surface area contributed by atoms with Crippen LogP contribution in [0.5, 0.6) is 5.75 Å². The molecule has 1 fully saturated rings. The number of hydrogen-bond acceptors (Lipinski definition) is 5. The van der Waals surface area contributed by atoms with Crippen molar-refractivity contribution in [3.8, 4) is 5.75 Å². The van der Waals surface area contributed by atoms with Gasteiger partial charge in [-0.15, -0.1) is 0 Å². The number of hydrogen-bond donors (Lipinski definition) is 1. The number of anilines is 1. The molecule has 0 aromatic heterocycles. The van der Waals surface area contributed by atoms with E-state index in [4.69, 9.17) is 16.3 Å². The zero-order valence-electron chi connectivity index (χ0n) is 23.5. The molecular formula is C31H36ClN3O5S. The first kappa shape index (κ1) is 30.4. The molecule has 0 aliphatic heterocycles. The number of amides is 2. The lowest BCUT2D eigenvalue weighted by atomic mass is 10.1. The van der Waals surface area contributed by atoms with Crippen LogP contribution in [0.25, 0.3) is 0 Å². The summed E-state index contributed by atoms with van der Waals surface area (Å²) in [5.41, 5.74) is 1.92. The van der Waals surface area contributed by atoms with Crippen LogP contribution in [0, 0.1) is 6.92 Å². The van der Waals surface area contributed by atoms with E-state index >= 15 is 0 Å². The van der Waals surface area contributed by atoms with Gasteiger partial charge in [0.25, 0.3) is 10.0 Å². The number of sulfonamides is 1. The third kappa shape index (κ3) is 7.40. The van der Waals surface area contributed by atoms with E-state index in [1.807, 2.05) is 37.3 Å². The Morgan fingerprint density at radius 3 is 2.29 bits per heavy atom. The molecule has 1 aliphatic rings. The second-order valence-electron chi connectivity index (χ2n) is 10.3. The Labute approximate surface area is 247 Å². The Hall–Kier alpha value is -3.56. The van der Waals surface area contributed by atoms with Crippen LogP contribution >= 0.6 is 11.6 Å². The minimum atomic E-state index is -4.19. The predicted octanol–water partition coefficient (Wildman–Crippen LogP) is 5.33. The number of halogens is 1. The van der Waals surface area contributed by atoms with Crippen molar-refractivity contribution in [1.29, 1.82) is 0 Å². The maximum atomic E-state index is 14.0. The van der Waals surface area contributed by atoms with Gasteiger partial charge < -0.3 is 15.0 Å². The van der Waals surface area contributed by atoms with Gasteiger partial charge in [0, 0.05) is 12.6 Å². The number of carbonyl (C=O) groups is 2. The largest absolute Gasteiger partial charge is 0.495 e. The number of benzene rings is 3. The summed E-state index contributed by atoms with van der Waals surface area (Å²) in [5.74, 6) is -0.412. The van der Waals surface area contributed by atoms with Crippen LogP contribution < -0.4 is 14.4 Å². The Kier molecular flexibility index (Phi) is 9.94. The standard InChI is InChI=1S/C31H36ClN3O5S/c1-22-13-16-27(17-14-22)41(38,39)35(26-15-18-29(40-3)28(32)19-26)21-30(36)34(20-24-9-5-4-6-10-24)23(2)31(37)33-25-11-7-8-12-25/h4-6,9-10,13-19,23,25H,7-8,11-12,20-21H2,1-3H3,(H,33,37)/t23-/m1/s1. The number of rotatable bonds is 11. The van der Waals surface area contributed by atoms with Crippen LogP contribution in [-0.2, 0) is 26.2 Å². The molecule has 0 spiro atoms. The van der Waals surface area contributed by atoms with E-state index in [1.54, 1.807) is 31.2 Å². The van der Waals surface area contributed by atoms with Crippen molar-refractivity contribution in [1.82, 2.24) is 10.2 Å². The molecule has 3 aromatic rings. The van der Waals surface area contributed by atoms with Crippen molar-refractivity contribution in [2.45, 2.75) is 63.1 Å². The first-order valence-electron chi connectivity index (χ1n) is 13.7. The smallest absolute Gasteiger partial charge is 0.264 e. The zero-order chi connectivity index (χ0) is 29.6. The Morgan fingerprint density at radius 1 is 1.02 bits per heavy atom. The highest BCUT2D eigenvalue weighted by Crippen LogP contribution is 2.32. The average molecular weight is 598 g/mol. The topological polar surface area (TPSA) is 96.0 Å². The van der Waals surface area contributed by atoms with E-state index in [1.165, 1.54) is 30.2 Å². The van der Waals surface area contributed by atoms with Gasteiger partial charge in [-0.25, -0.2) is 8.42 Å². The van der Waals surface area contributed by atoms with Crippen LogP contribution in [0.2, 0.25) is 5.02 Å². The minimum Gasteiger partial charge on any atom is -0.495 e. The summed E-state index contributed by atoms with van der Waals surface area (Å²) in [7, 11) is -2.72. The van der Waals surface area contributed by atoms with E-state index in [0.717, 1.165) is 41.1 Å². The lowest BCUT2D eigenvalue weighted by Crippen LogP contribution is -2.52. The van der Waals surface area contributed by atoms with Gasteiger partial charge in [-0.3, -0.25) is 13.9 Å². The molecule has 3 aromatic carbocycles. The zero-order valence-corrected chi connectivity index (χ0v) is 25.1. The molecule has 0 unspecified atom stereocenters. The predicted molar refractivity (Wildman–Crippen MR) is 161 cm³/mol. The van der Waals surface area contributed by atoms with Crippen LogP contribution in [0.15, 0.2) is 77.7 Å². The molecule has 1 aliphatic carbocycles. The fourth-order valence-corrected chi connectivity index (χ4v) is 6.59. The summed E-state index contributed by atoms with van der Waals surface area (Å²) in [5, 5.41) is 3.27. The van der Waals surface area contributed by atoms with Crippen molar-refractivity contribution in [2.75, 3.05) is 18.0 Å². The molecule has 0 saturated heterocycles. The monoisotopic (exact) mass is 597 g/mol. The van der Waals surface area contributed by atoms with Crippen LogP contribution in [0.1, 0.15) is 43.7 Å². The van der Waals surface area contributed by atoms with Crippen LogP contribution in [0.3, 0.4) is 0 Å². The number of aryl methyl sites for hydroxylation is 1. The first-order chi connectivity index (χ1) is 19.6. The van der Waals surface area contributed by atoms with E-state index in [0.29, 0.717) is 5.75 Å². The van der Waals surface area contributed by atoms with Crippen molar-refractivity contribution >= 4 is 39.1 Å². The molecule has 8 nitrogen and oxygen atoms in total. The van der Waals surface area contributed by atoms with Gasteiger partial charge in [0.2, 0.25) is 11.8 Å². The lowest BCUT2D eigenvalue weighted by Gasteiger charge is -2.32. The highest BCUT2D eigenvalue weighted by Gasteiger charge is 2.33. The number of nitrogens with zero attached hydrogens (tertiary/aromatic N) is 2. The molecular weight excluding hydrogens is 562 g/mol. The van der Waals surface area contributed by atoms with Gasteiger partial charge in [0.05, 0.1) is 22.7 Å². The summed E-state index contributed by atoms with van der Waals surface area (Å²) >= 11 is 6.38. The van der Waals surface area contributed by atoms with Crippen molar-refractivity contribution < 1.29 is 22.7 Å². The molecule has 1 saturated carbocycles. The second-order valence-corrected chi connectivity index (χ2v) is 12.6. The molecule has 0 radical (unpaired) electrons. The van der Waals surface area contributed by atoms with Crippen LogP contribution in [0.4, 0.5) is 5.69 Å². The van der Waals surface area contributed by atoms with E-state index in [2.05, 4.69) is 5.32 Å². The number of nitrogens with one attached hydrogen (secondary N) is 1. The van der Waals surface area contributed by atoms with Crippen molar-refractivity contribution in [3.63, 3.8) is 0 Å². The summed E-state index contributed by atoms with van der Waals surface area (Å²) in [6.45, 7) is 3.14. The fraction of sp³-hybridized carbons (Fsp3) is 0.355. The highest BCUT2D eigenvalue weighted by molar-refractivity contribution is 7.92. The molecule has 1 N–H and O–H groups in total. The van der Waals surface area contributed by atoms with E-state index in [-0.39, 0.29) is 34.1 Å². The lowest BCUT2D eigenvalue weighted by molar-refractivity contribution is -0.139. The van der Waals surface area contributed by atoms with E-state index < -0.39 is 28.5 Å². The van der Waals surface area contributed by atoms with Gasteiger partial charge >= 0.3 is 0 Å². The van der Waals surface area contributed by atoms with Crippen molar-refractivity contribution in [3.05, 3.63) is 88.9 Å². The number of carbonyl (C=O) groups excluding carboxylic acids is 2. The maximum Gasteiger partial charge on any atom is 0.264 e. The summed E-state index contributed by atoms with van der Waals surface area (Å²) < 4.78 is 34.2. The molecule has 2 amide bonds. The molecule has 41 heavy (non-hydrogen) atoms. The van der Waals surface area contributed by atoms with Gasteiger partial charge in [-0.1, -0.05) is 72.5 Å². The quantitative estimate of drug-likeness (QED) is 0.322. The number of methoxy groups -OCH3 is 1. The van der Waals surface area contributed by atoms with Crippen LogP contribution in [-0.4, -0.2) is 50.9 Å². The summed E-state index contributed by atoms with van der Waals surface area (Å²) in [6.07, 6.45) is 3.93. The van der Waals surface area contributed by atoms with Gasteiger partial charge in [-0.2, -0.15) is 0 Å². The number of ether oxygens (including phenoxy) is 1. The minimum absolute atomic E-state index is 0.0319. The third-order valence-electron chi connectivity index (χ3n) is 7.38. The van der Waals surface area contributed by atoms with Gasteiger partial charge in [0.15, 0.2) is 0 Å². The Balaban J connectivity index is 1.70. The fourth-order valence-electron chi connectivity index (χ4n) is 4.93. The molecule has 10 heteroatoms. The third-order valence-corrected chi connectivity index (χ3v) is 9.46. The highest BCUT2D eigenvalue weighted by atomic mass is 35.5. The average Bonchev–Trinajstić information content (AvgIpc) is 3.48. The summed E-state index contributed by atoms with van der Waals surface area (Å²) in [6, 6.07) is 19.5.